The summed E-state index contributed by atoms with van der Waals surface area (Å²) >= 11 is 0. The van der Waals surface area contributed by atoms with Gasteiger partial charge in [0.05, 0.1) is 12.3 Å². The number of amides is 1. The fourth-order valence-electron chi connectivity index (χ4n) is 2.89. The largest absolute Gasteiger partial charge is 0.390 e. The maximum Gasteiger partial charge on any atom is 0.248 e. The molecule has 0 saturated carbocycles. The molecule has 7 heteroatoms. The van der Waals surface area contributed by atoms with Crippen LogP contribution >= 0.6 is 0 Å². The first-order chi connectivity index (χ1) is 13.1. The molecule has 0 saturated heterocycles. The molecule has 1 heterocycles. The number of halogens is 2. The van der Waals surface area contributed by atoms with Crippen LogP contribution in [0.3, 0.4) is 0 Å². The van der Waals surface area contributed by atoms with Gasteiger partial charge in [-0.15, -0.1) is 0 Å². The second-order valence-corrected chi connectivity index (χ2v) is 6.28. The second-order valence-electron chi connectivity index (χ2n) is 6.28. The van der Waals surface area contributed by atoms with Crippen molar-refractivity contribution < 1.29 is 23.1 Å². The lowest BCUT2D eigenvalue weighted by Gasteiger charge is -2.25. The SMILES string of the molecule is COCC(=O)N(Cc1ccccc1F)C[C@H]1CC(c2ccc(F)cc2)=NO1. The van der Waals surface area contributed by atoms with E-state index in [1.807, 2.05) is 0 Å². The van der Waals surface area contributed by atoms with Crippen molar-refractivity contribution in [1.29, 1.82) is 0 Å². The van der Waals surface area contributed by atoms with Gasteiger partial charge in [-0.1, -0.05) is 35.5 Å². The zero-order valence-electron chi connectivity index (χ0n) is 14.9. The monoisotopic (exact) mass is 374 g/mol. The van der Waals surface area contributed by atoms with Gasteiger partial charge in [0, 0.05) is 25.6 Å². The molecule has 2 aromatic carbocycles. The molecule has 0 bridgehead atoms. The van der Waals surface area contributed by atoms with Crippen molar-refractivity contribution in [1.82, 2.24) is 4.90 Å². The Hall–Kier alpha value is -2.80. The van der Waals surface area contributed by atoms with Crippen LogP contribution in [0.2, 0.25) is 0 Å². The maximum absolute atomic E-state index is 14.0. The molecule has 1 atom stereocenters. The predicted octanol–water partition coefficient (Wildman–Crippen LogP) is 3.13. The molecule has 5 nitrogen and oxygen atoms in total. The molecule has 0 fully saturated rings. The van der Waals surface area contributed by atoms with Crippen LogP contribution < -0.4 is 0 Å². The summed E-state index contributed by atoms with van der Waals surface area (Å²) in [7, 11) is 1.43. The number of rotatable bonds is 7. The summed E-state index contributed by atoms with van der Waals surface area (Å²) in [6.45, 7) is 0.248. The molecule has 27 heavy (non-hydrogen) atoms. The predicted molar refractivity (Wildman–Crippen MR) is 96.1 cm³/mol. The van der Waals surface area contributed by atoms with E-state index in [0.717, 1.165) is 5.56 Å². The molecule has 0 aromatic heterocycles. The van der Waals surface area contributed by atoms with Crippen molar-refractivity contribution >= 4 is 11.6 Å². The van der Waals surface area contributed by atoms with Gasteiger partial charge < -0.3 is 14.5 Å². The van der Waals surface area contributed by atoms with Crippen LogP contribution in [0.25, 0.3) is 0 Å². The number of hydrogen-bond donors (Lipinski definition) is 0. The smallest absolute Gasteiger partial charge is 0.248 e. The normalized spacial score (nSPS) is 16.0. The minimum Gasteiger partial charge on any atom is -0.390 e. The van der Waals surface area contributed by atoms with E-state index in [4.69, 9.17) is 9.57 Å². The molecule has 1 aliphatic rings. The third-order valence-electron chi connectivity index (χ3n) is 4.27. The first-order valence-corrected chi connectivity index (χ1v) is 8.55. The first-order valence-electron chi connectivity index (χ1n) is 8.55. The highest BCUT2D eigenvalue weighted by molar-refractivity contribution is 6.01. The number of ether oxygens (including phenoxy) is 1. The summed E-state index contributed by atoms with van der Waals surface area (Å²) in [5.74, 6) is -0.959. The summed E-state index contributed by atoms with van der Waals surface area (Å²) in [4.78, 5) is 19.3. The van der Waals surface area contributed by atoms with Crippen molar-refractivity contribution in [3.63, 3.8) is 0 Å². The van der Waals surface area contributed by atoms with Gasteiger partial charge in [0.25, 0.3) is 0 Å². The zero-order valence-corrected chi connectivity index (χ0v) is 14.9. The molecule has 1 amide bonds. The third kappa shape index (κ3) is 4.89. The minimum atomic E-state index is -0.372. The van der Waals surface area contributed by atoms with Crippen LogP contribution in [0.1, 0.15) is 17.5 Å². The van der Waals surface area contributed by atoms with Crippen LogP contribution in [0, 0.1) is 11.6 Å². The molecule has 0 N–H and O–H groups in total. The first kappa shape index (κ1) is 19.0. The number of carbonyl (C=O) groups excluding carboxylic acids is 1. The molecular formula is C20H20F2N2O3. The second kappa shape index (κ2) is 8.73. The lowest BCUT2D eigenvalue weighted by Crippen LogP contribution is -2.39. The molecule has 0 spiro atoms. The minimum absolute atomic E-state index is 0.104. The Kier molecular flexibility index (Phi) is 6.13. The average molecular weight is 374 g/mol. The van der Waals surface area contributed by atoms with E-state index in [0.29, 0.717) is 17.7 Å². The van der Waals surface area contributed by atoms with Crippen molar-refractivity contribution in [2.24, 2.45) is 5.16 Å². The molecule has 0 unspecified atom stereocenters. The fourth-order valence-corrected chi connectivity index (χ4v) is 2.89. The van der Waals surface area contributed by atoms with Gasteiger partial charge >= 0.3 is 0 Å². The van der Waals surface area contributed by atoms with Crippen molar-refractivity contribution in [3.8, 4) is 0 Å². The number of methoxy groups -OCH3 is 1. The van der Waals surface area contributed by atoms with Crippen LogP contribution in [0.5, 0.6) is 0 Å². The van der Waals surface area contributed by atoms with E-state index in [9.17, 15) is 13.6 Å². The van der Waals surface area contributed by atoms with Gasteiger partial charge in [-0.2, -0.15) is 0 Å². The van der Waals surface area contributed by atoms with Gasteiger partial charge in [0.1, 0.15) is 18.2 Å². The Morgan fingerprint density at radius 3 is 2.67 bits per heavy atom. The van der Waals surface area contributed by atoms with Gasteiger partial charge in [-0.25, -0.2) is 8.78 Å². The van der Waals surface area contributed by atoms with Crippen LogP contribution in [-0.2, 0) is 20.9 Å². The molecule has 0 aliphatic carbocycles. The van der Waals surface area contributed by atoms with Crippen molar-refractivity contribution in [3.05, 3.63) is 71.3 Å². The molecular weight excluding hydrogens is 354 g/mol. The van der Waals surface area contributed by atoms with E-state index in [1.165, 1.54) is 30.2 Å². The quantitative estimate of drug-likeness (QED) is 0.748. The maximum atomic E-state index is 14.0. The topological polar surface area (TPSA) is 51.1 Å². The van der Waals surface area contributed by atoms with Crippen LogP contribution in [0.4, 0.5) is 8.78 Å². The third-order valence-corrected chi connectivity index (χ3v) is 4.27. The summed E-state index contributed by atoms with van der Waals surface area (Å²) in [5, 5.41) is 4.05. The highest BCUT2D eigenvalue weighted by Gasteiger charge is 2.27. The van der Waals surface area contributed by atoms with Gasteiger partial charge in [0.15, 0.2) is 6.10 Å². The van der Waals surface area contributed by atoms with E-state index in [1.54, 1.807) is 30.3 Å². The van der Waals surface area contributed by atoms with E-state index >= 15 is 0 Å². The highest BCUT2D eigenvalue weighted by atomic mass is 19.1. The number of nitrogens with zero attached hydrogens (tertiary/aromatic N) is 2. The van der Waals surface area contributed by atoms with E-state index < -0.39 is 0 Å². The van der Waals surface area contributed by atoms with Crippen LogP contribution in [0.15, 0.2) is 53.7 Å². The Morgan fingerprint density at radius 1 is 1.22 bits per heavy atom. The lowest BCUT2D eigenvalue weighted by molar-refractivity contribution is -0.137. The zero-order chi connectivity index (χ0) is 19.2. The molecule has 3 rings (SSSR count). The number of oxime groups is 1. The lowest BCUT2D eigenvalue weighted by atomic mass is 10.0. The van der Waals surface area contributed by atoms with Crippen molar-refractivity contribution in [2.75, 3.05) is 20.3 Å². The Balaban J connectivity index is 1.67. The van der Waals surface area contributed by atoms with Gasteiger partial charge in [-0.05, 0) is 23.8 Å². The molecule has 1 aliphatic heterocycles. The number of carbonyl (C=O) groups is 1. The number of benzene rings is 2. The average Bonchev–Trinajstić information content (AvgIpc) is 3.12. The Morgan fingerprint density at radius 2 is 1.96 bits per heavy atom. The highest BCUT2D eigenvalue weighted by Crippen LogP contribution is 2.19. The summed E-state index contributed by atoms with van der Waals surface area (Å²) in [5.41, 5.74) is 1.87. The summed E-state index contributed by atoms with van der Waals surface area (Å²) in [6.07, 6.45) is 0.109. The van der Waals surface area contributed by atoms with E-state index in [-0.39, 0.29) is 43.3 Å². The van der Waals surface area contributed by atoms with Gasteiger partial charge in [-0.3, -0.25) is 4.79 Å². The standard InChI is InChI=1S/C20H20F2N2O3/c1-26-13-20(25)24(11-15-4-2-3-5-18(15)22)12-17-10-19(23-27-17)14-6-8-16(21)9-7-14/h2-9,17H,10-13H2,1H3/t17-/m1/s1. The van der Waals surface area contributed by atoms with Gasteiger partial charge in [0.2, 0.25) is 5.91 Å². The number of hydrogen-bond acceptors (Lipinski definition) is 4. The van der Waals surface area contributed by atoms with E-state index in [2.05, 4.69) is 5.16 Å². The fraction of sp³-hybridized carbons (Fsp3) is 0.300. The van der Waals surface area contributed by atoms with Crippen LogP contribution in [-0.4, -0.2) is 42.9 Å². The summed E-state index contributed by atoms with van der Waals surface area (Å²) in [6, 6.07) is 12.3. The summed E-state index contributed by atoms with van der Waals surface area (Å²) < 4.78 is 32.0. The molecule has 0 radical (unpaired) electrons. The molecule has 142 valence electrons. The Bertz CT molecular complexity index is 824. The van der Waals surface area contributed by atoms with Crippen molar-refractivity contribution in [2.45, 2.75) is 19.1 Å². The Labute approximate surface area is 156 Å². The molecule has 2 aromatic rings.